The van der Waals surface area contributed by atoms with Crippen molar-refractivity contribution in [2.75, 3.05) is 45.9 Å². The zero-order chi connectivity index (χ0) is 13.0. The average molecular weight is 256 g/mol. The van der Waals surface area contributed by atoms with E-state index >= 15 is 0 Å². The number of morpholine rings is 1. The number of hydrogen-bond acceptors (Lipinski definition) is 4. The summed E-state index contributed by atoms with van der Waals surface area (Å²) in [5, 5.41) is 9.11. The van der Waals surface area contributed by atoms with Crippen LogP contribution in [0, 0.1) is 5.92 Å². The average Bonchev–Trinajstić information content (AvgIpc) is 2.41. The molecular formula is C13H24N2O3. The number of aliphatic hydroxyl groups is 1. The van der Waals surface area contributed by atoms with E-state index in [0.29, 0.717) is 12.5 Å². The molecule has 5 heteroatoms. The lowest BCUT2D eigenvalue weighted by molar-refractivity contribution is -0.152. The highest BCUT2D eigenvalue weighted by molar-refractivity contribution is 5.78. The van der Waals surface area contributed by atoms with Crippen LogP contribution in [0.2, 0.25) is 0 Å². The Labute approximate surface area is 109 Å². The third-order valence-electron chi connectivity index (χ3n) is 3.95. The summed E-state index contributed by atoms with van der Waals surface area (Å²) >= 11 is 0. The number of carbonyl (C=O) groups is 1. The Balaban J connectivity index is 1.85. The van der Waals surface area contributed by atoms with E-state index in [1.807, 2.05) is 4.90 Å². The first-order chi connectivity index (χ1) is 8.72. The van der Waals surface area contributed by atoms with Crippen molar-refractivity contribution < 1.29 is 14.6 Å². The summed E-state index contributed by atoms with van der Waals surface area (Å²) in [4.78, 5) is 16.1. The van der Waals surface area contributed by atoms with Crippen molar-refractivity contribution in [1.82, 2.24) is 9.80 Å². The molecule has 18 heavy (non-hydrogen) atoms. The maximum Gasteiger partial charge on any atom is 0.248 e. The molecule has 2 rings (SSSR count). The van der Waals surface area contributed by atoms with Gasteiger partial charge in [0.2, 0.25) is 5.91 Å². The maximum absolute atomic E-state index is 11.8. The molecule has 2 atom stereocenters. The third-order valence-corrected chi connectivity index (χ3v) is 3.95. The van der Waals surface area contributed by atoms with Crippen molar-refractivity contribution in [2.45, 2.75) is 25.9 Å². The first-order valence-electron chi connectivity index (χ1n) is 6.95. The summed E-state index contributed by atoms with van der Waals surface area (Å²) in [6.45, 7) is 7.02. The summed E-state index contributed by atoms with van der Waals surface area (Å²) in [5.74, 6) is 0.633. The molecular weight excluding hydrogens is 232 g/mol. The first-order valence-corrected chi connectivity index (χ1v) is 6.95. The van der Waals surface area contributed by atoms with Crippen LogP contribution in [-0.2, 0) is 9.53 Å². The van der Waals surface area contributed by atoms with Crippen LogP contribution in [0.25, 0.3) is 0 Å². The highest BCUT2D eigenvalue weighted by Crippen LogP contribution is 2.19. The molecule has 0 aromatic heterocycles. The number of nitrogens with zero attached hydrogens (tertiary/aromatic N) is 2. The van der Waals surface area contributed by atoms with Gasteiger partial charge in [-0.25, -0.2) is 0 Å². The molecule has 1 N–H and O–H groups in total. The lowest BCUT2D eigenvalue weighted by atomic mass is 9.97. The summed E-state index contributed by atoms with van der Waals surface area (Å²) in [7, 11) is 0. The van der Waals surface area contributed by atoms with Gasteiger partial charge in [0.05, 0.1) is 12.7 Å². The predicted molar refractivity (Wildman–Crippen MR) is 68.2 cm³/mol. The number of amides is 1. The number of piperidine rings is 1. The lowest BCUT2D eigenvalue weighted by Gasteiger charge is -2.38. The first kappa shape index (κ1) is 13.8. The van der Waals surface area contributed by atoms with Crippen molar-refractivity contribution in [3.05, 3.63) is 0 Å². The van der Waals surface area contributed by atoms with Crippen molar-refractivity contribution in [3.8, 4) is 0 Å². The van der Waals surface area contributed by atoms with E-state index in [-0.39, 0.29) is 25.2 Å². The third kappa shape index (κ3) is 3.43. The van der Waals surface area contributed by atoms with Crippen LogP contribution >= 0.6 is 0 Å². The quantitative estimate of drug-likeness (QED) is 0.765. The Kier molecular flexibility index (Phi) is 4.97. The van der Waals surface area contributed by atoms with Gasteiger partial charge < -0.3 is 19.6 Å². The molecule has 104 valence electrons. The number of likely N-dealkylation sites (tertiary alicyclic amines) is 1. The molecule has 0 aromatic rings. The van der Waals surface area contributed by atoms with Gasteiger partial charge in [0.25, 0.3) is 0 Å². The highest BCUT2D eigenvalue weighted by atomic mass is 16.5. The smallest absolute Gasteiger partial charge is 0.248 e. The standard InChI is InChI=1S/C13H24N2O3/c1-2-14-5-3-4-11(6-14)7-15-8-12(9-16)18-10-13(15)17/h11-12,16H,2-10H2,1H3. The van der Waals surface area contributed by atoms with Crippen LogP contribution < -0.4 is 0 Å². The summed E-state index contributed by atoms with van der Waals surface area (Å²) in [6.07, 6.45) is 2.22. The minimum atomic E-state index is -0.200. The van der Waals surface area contributed by atoms with Gasteiger partial charge in [-0.1, -0.05) is 6.92 Å². The fourth-order valence-corrected chi connectivity index (χ4v) is 2.87. The second kappa shape index (κ2) is 6.50. The van der Waals surface area contributed by atoms with E-state index in [9.17, 15) is 4.79 Å². The van der Waals surface area contributed by atoms with E-state index in [0.717, 1.165) is 19.6 Å². The fourth-order valence-electron chi connectivity index (χ4n) is 2.87. The highest BCUT2D eigenvalue weighted by Gasteiger charge is 2.29. The van der Waals surface area contributed by atoms with Crippen LogP contribution in [0.4, 0.5) is 0 Å². The summed E-state index contributed by atoms with van der Waals surface area (Å²) in [5.41, 5.74) is 0. The molecule has 0 radical (unpaired) electrons. The van der Waals surface area contributed by atoms with Gasteiger partial charge in [-0.3, -0.25) is 4.79 Å². The normalized spacial score (nSPS) is 30.8. The molecule has 0 aromatic carbocycles. The number of carbonyl (C=O) groups excluding carboxylic acids is 1. The van der Waals surface area contributed by atoms with Crippen LogP contribution in [-0.4, -0.2) is 72.9 Å². The molecule has 0 spiro atoms. The van der Waals surface area contributed by atoms with E-state index in [1.54, 1.807) is 0 Å². The van der Waals surface area contributed by atoms with Gasteiger partial charge in [-0.05, 0) is 31.8 Å². The number of ether oxygens (including phenoxy) is 1. The molecule has 0 saturated carbocycles. The van der Waals surface area contributed by atoms with Gasteiger partial charge in [0.1, 0.15) is 6.61 Å². The second-order valence-electron chi connectivity index (χ2n) is 5.32. The lowest BCUT2D eigenvalue weighted by Crippen LogP contribution is -2.51. The molecule has 2 fully saturated rings. The molecule has 2 unspecified atom stereocenters. The summed E-state index contributed by atoms with van der Waals surface area (Å²) < 4.78 is 5.25. The molecule has 0 aliphatic carbocycles. The molecule has 2 heterocycles. The number of rotatable bonds is 4. The van der Waals surface area contributed by atoms with Crippen molar-refractivity contribution in [2.24, 2.45) is 5.92 Å². The monoisotopic (exact) mass is 256 g/mol. The van der Waals surface area contributed by atoms with Crippen LogP contribution in [0.15, 0.2) is 0 Å². The zero-order valence-electron chi connectivity index (χ0n) is 11.2. The Morgan fingerprint density at radius 2 is 2.28 bits per heavy atom. The van der Waals surface area contributed by atoms with Gasteiger partial charge >= 0.3 is 0 Å². The Morgan fingerprint density at radius 3 is 3.00 bits per heavy atom. The van der Waals surface area contributed by atoms with E-state index in [1.165, 1.54) is 19.4 Å². The SMILES string of the molecule is CCN1CCCC(CN2CC(CO)OCC2=O)C1. The van der Waals surface area contributed by atoms with E-state index in [2.05, 4.69) is 11.8 Å². The minimum absolute atomic E-state index is 0.00443. The largest absolute Gasteiger partial charge is 0.394 e. The van der Waals surface area contributed by atoms with Gasteiger partial charge in [0, 0.05) is 19.6 Å². The Bertz CT molecular complexity index is 285. The van der Waals surface area contributed by atoms with Crippen LogP contribution in [0.5, 0.6) is 0 Å². The fraction of sp³-hybridized carbons (Fsp3) is 0.923. The van der Waals surface area contributed by atoms with Gasteiger partial charge in [-0.2, -0.15) is 0 Å². The molecule has 5 nitrogen and oxygen atoms in total. The number of aliphatic hydroxyl groups excluding tert-OH is 1. The molecule has 2 saturated heterocycles. The van der Waals surface area contributed by atoms with E-state index < -0.39 is 0 Å². The van der Waals surface area contributed by atoms with Gasteiger partial charge in [-0.15, -0.1) is 0 Å². The number of hydrogen-bond donors (Lipinski definition) is 1. The van der Waals surface area contributed by atoms with Gasteiger partial charge in [0.15, 0.2) is 0 Å². The topological polar surface area (TPSA) is 53.0 Å². The maximum atomic E-state index is 11.8. The van der Waals surface area contributed by atoms with Crippen molar-refractivity contribution in [1.29, 1.82) is 0 Å². The van der Waals surface area contributed by atoms with E-state index in [4.69, 9.17) is 9.84 Å². The van der Waals surface area contributed by atoms with Crippen molar-refractivity contribution >= 4 is 5.91 Å². The second-order valence-corrected chi connectivity index (χ2v) is 5.32. The van der Waals surface area contributed by atoms with Crippen LogP contribution in [0.1, 0.15) is 19.8 Å². The van der Waals surface area contributed by atoms with Crippen molar-refractivity contribution in [3.63, 3.8) is 0 Å². The zero-order valence-corrected chi connectivity index (χ0v) is 11.2. The Hall–Kier alpha value is -0.650. The molecule has 1 amide bonds. The van der Waals surface area contributed by atoms with Crippen LogP contribution in [0.3, 0.4) is 0 Å². The minimum Gasteiger partial charge on any atom is -0.394 e. The predicted octanol–water partition coefficient (Wildman–Crippen LogP) is -0.0620. The molecule has 0 bridgehead atoms. The molecule has 2 aliphatic heterocycles. The molecule has 2 aliphatic rings. The Morgan fingerprint density at radius 1 is 1.44 bits per heavy atom. The summed E-state index contributed by atoms with van der Waals surface area (Å²) in [6, 6.07) is 0.